The Bertz CT molecular complexity index is 433. The van der Waals surface area contributed by atoms with Gasteiger partial charge in [-0.15, -0.1) is 0 Å². The predicted octanol–water partition coefficient (Wildman–Crippen LogP) is 1.94. The summed E-state index contributed by atoms with van der Waals surface area (Å²) in [5.74, 6) is 1.09. The van der Waals surface area contributed by atoms with Crippen LogP contribution in [0.4, 0.5) is 5.82 Å². The molecule has 5 heteroatoms. The Balaban J connectivity index is 1.91. The average Bonchev–Trinajstić information content (AvgIpc) is 2.48. The predicted molar refractivity (Wildman–Crippen MR) is 78.4 cm³/mol. The molecule has 0 radical (unpaired) electrons. The molecular formula is C15H23N3O2. The van der Waals surface area contributed by atoms with Crippen molar-refractivity contribution in [2.75, 3.05) is 32.5 Å². The molecule has 1 aromatic rings. The SMILES string of the molecule is COCCC[C@@H]1CCCN(C(=O)c2ccc(N)nc2)C1. The van der Waals surface area contributed by atoms with E-state index in [1.807, 2.05) is 4.90 Å². The van der Waals surface area contributed by atoms with Crippen LogP contribution in [0.25, 0.3) is 0 Å². The van der Waals surface area contributed by atoms with Crippen molar-refractivity contribution in [3.63, 3.8) is 0 Å². The molecule has 5 nitrogen and oxygen atoms in total. The summed E-state index contributed by atoms with van der Waals surface area (Å²) in [7, 11) is 1.73. The highest BCUT2D eigenvalue weighted by Crippen LogP contribution is 2.22. The fourth-order valence-corrected chi connectivity index (χ4v) is 2.72. The van der Waals surface area contributed by atoms with Crippen molar-refractivity contribution in [1.82, 2.24) is 9.88 Å². The molecule has 20 heavy (non-hydrogen) atoms. The number of hydrogen-bond acceptors (Lipinski definition) is 4. The Kier molecular flexibility index (Phi) is 5.35. The third-order valence-corrected chi connectivity index (χ3v) is 3.80. The monoisotopic (exact) mass is 277 g/mol. The second-order valence-corrected chi connectivity index (χ2v) is 5.37. The summed E-state index contributed by atoms with van der Waals surface area (Å²) in [6, 6.07) is 3.42. The van der Waals surface area contributed by atoms with Gasteiger partial charge in [0, 0.05) is 33.0 Å². The smallest absolute Gasteiger partial charge is 0.255 e. The zero-order valence-corrected chi connectivity index (χ0v) is 12.0. The summed E-state index contributed by atoms with van der Waals surface area (Å²) in [6.45, 7) is 2.48. The number of piperidine rings is 1. The van der Waals surface area contributed by atoms with Crippen LogP contribution in [0.1, 0.15) is 36.0 Å². The van der Waals surface area contributed by atoms with E-state index in [0.717, 1.165) is 39.0 Å². The zero-order valence-electron chi connectivity index (χ0n) is 12.0. The molecule has 1 atom stereocenters. The molecule has 2 rings (SSSR count). The van der Waals surface area contributed by atoms with Crippen LogP contribution >= 0.6 is 0 Å². The molecule has 0 saturated carbocycles. The Morgan fingerprint density at radius 1 is 1.55 bits per heavy atom. The first-order valence-electron chi connectivity index (χ1n) is 7.20. The van der Waals surface area contributed by atoms with Crippen LogP contribution in [0.3, 0.4) is 0 Å². The summed E-state index contributed by atoms with van der Waals surface area (Å²) < 4.78 is 5.09. The van der Waals surface area contributed by atoms with Crippen molar-refractivity contribution >= 4 is 11.7 Å². The number of anilines is 1. The van der Waals surface area contributed by atoms with Crippen molar-refractivity contribution < 1.29 is 9.53 Å². The molecular weight excluding hydrogens is 254 g/mol. The molecule has 1 aliphatic rings. The van der Waals surface area contributed by atoms with Gasteiger partial charge in [0.25, 0.3) is 5.91 Å². The standard InChI is InChI=1S/C15H23N3O2/c1-20-9-3-5-12-4-2-8-18(11-12)15(19)13-6-7-14(16)17-10-13/h6-7,10,12H,2-5,8-9,11H2,1H3,(H2,16,17)/t12-/m0/s1. The van der Waals surface area contributed by atoms with E-state index in [2.05, 4.69) is 4.98 Å². The number of rotatable bonds is 5. The number of pyridine rings is 1. The van der Waals surface area contributed by atoms with Gasteiger partial charge >= 0.3 is 0 Å². The number of methoxy groups -OCH3 is 1. The molecule has 0 unspecified atom stereocenters. The second-order valence-electron chi connectivity index (χ2n) is 5.37. The molecule has 1 saturated heterocycles. The molecule has 0 spiro atoms. The second kappa shape index (κ2) is 7.24. The largest absolute Gasteiger partial charge is 0.385 e. The van der Waals surface area contributed by atoms with Crippen LogP contribution in [0.2, 0.25) is 0 Å². The lowest BCUT2D eigenvalue weighted by Crippen LogP contribution is -2.40. The lowest BCUT2D eigenvalue weighted by atomic mass is 9.93. The van der Waals surface area contributed by atoms with Crippen molar-refractivity contribution in [3.8, 4) is 0 Å². The van der Waals surface area contributed by atoms with E-state index in [0.29, 0.717) is 17.3 Å². The summed E-state index contributed by atoms with van der Waals surface area (Å²) >= 11 is 0. The molecule has 1 amide bonds. The number of ether oxygens (including phenoxy) is 1. The maximum absolute atomic E-state index is 12.4. The lowest BCUT2D eigenvalue weighted by molar-refractivity contribution is 0.0660. The number of carbonyl (C=O) groups excluding carboxylic acids is 1. The normalized spacial score (nSPS) is 19.1. The molecule has 110 valence electrons. The number of likely N-dealkylation sites (tertiary alicyclic amines) is 1. The Labute approximate surface area is 120 Å². The van der Waals surface area contributed by atoms with Gasteiger partial charge in [0.2, 0.25) is 0 Å². The fourth-order valence-electron chi connectivity index (χ4n) is 2.72. The van der Waals surface area contributed by atoms with E-state index in [1.165, 1.54) is 6.42 Å². The van der Waals surface area contributed by atoms with E-state index < -0.39 is 0 Å². The fraction of sp³-hybridized carbons (Fsp3) is 0.600. The van der Waals surface area contributed by atoms with Gasteiger partial charge in [0.05, 0.1) is 5.56 Å². The van der Waals surface area contributed by atoms with Crippen LogP contribution in [0.5, 0.6) is 0 Å². The number of hydrogen-bond donors (Lipinski definition) is 1. The zero-order chi connectivity index (χ0) is 14.4. The first-order chi connectivity index (χ1) is 9.70. The van der Waals surface area contributed by atoms with E-state index in [1.54, 1.807) is 25.4 Å². The first kappa shape index (κ1) is 14.8. The minimum absolute atomic E-state index is 0.0638. The third kappa shape index (κ3) is 3.93. The Morgan fingerprint density at radius 2 is 2.40 bits per heavy atom. The number of amides is 1. The lowest BCUT2D eigenvalue weighted by Gasteiger charge is -2.32. The van der Waals surface area contributed by atoms with Crippen LogP contribution in [-0.2, 0) is 4.74 Å². The summed E-state index contributed by atoms with van der Waals surface area (Å²) in [5, 5.41) is 0. The molecule has 1 aromatic heterocycles. The molecule has 1 aliphatic heterocycles. The first-order valence-corrected chi connectivity index (χ1v) is 7.20. The number of nitrogens with zero attached hydrogens (tertiary/aromatic N) is 2. The third-order valence-electron chi connectivity index (χ3n) is 3.80. The van der Waals surface area contributed by atoms with Gasteiger partial charge in [0.1, 0.15) is 5.82 Å². The van der Waals surface area contributed by atoms with Gasteiger partial charge in [-0.1, -0.05) is 0 Å². The van der Waals surface area contributed by atoms with Crippen LogP contribution < -0.4 is 5.73 Å². The molecule has 0 aliphatic carbocycles. The molecule has 0 bridgehead atoms. The van der Waals surface area contributed by atoms with Gasteiger partial charge in [0.15, 0.2) is 0 Å². The quantitative estimate of drug-likeness (QED) is 0.835. The highest BCUT2D eigenvalue weighted by atomic mass is 16.5. The Morgan fingerprint density at radius 3 is 3.10 bits per heavy atom. The van der Waals surface area contributed by atoms with Gasteiger partial charge in [-0.05, 0) is 43.7 Å². The van der Waals surface area contributed by atoms with E-state index in [-0.39, 0.29) is 5.91 Å². The summed E-state index contributed by atoms with van der Waals surface area (Å²) in [6.07, 6.45) is 6.02. The van der Waals surface area contributed by atoms with Gasteiger partial charge in [-0.2, -0.15) is 0 Å². The average molecular weight is 277 g/mol. The maximum Gasteiger partial charge on any atom is 0.255 e. The Hall–Kier alpha value is -1.62. The van der Waals surface area contributed by atoms with Gasteiger partial charge < -0.3 is 15.4 Å². The van der Waals surface area contributed by atoms with Crippen molar-refractivity contribution in [2.24, 2.45) is 5.92 Å². The van der Waals surface area contributed by atoms with Crippen molar-refractivity contribution in [2.45, 2.75) is 25.7 Å². The molecule has 2 heterocycles. The van der Waals surface area contributed by atoms with Crippen molar-refractivity contribution in [1.29, 1.82) is 0 Å². The van der Waals surface area contributed by atoms with Crippen LogP contribution in [-0.4, -0.2) is 42.6 Å². The summed E-state index contributed by atoms with van der Waals surface area (Å²) in [4.78, 5) is 18.3. The molecule has 1 fully saturated rings. The minimum Gasteiger partial charge on any atom is -0.385 e. The molecule has 0 aromatic carbocycles. The number of aromatic nitrogens is 1. The molecule has 2 N–H and O–H groups in total. The topological polar surface area (TPSA) is 68.5 Å². The summed E-state index contributed by atoms with van der Waals surface area (Å²) in [5.41, 5.74) is 6.17. The highest BCUT2D eigenvalue weighted by Gasteiger charge is 2.24. The van der Waals surface area contributed by atoms with Crippen LogP contribution in [0.15, 0.2) is 18.3 Å². The van der Waals surface area contributed by atoms with Gasteiger partial charge in [-0.25, -0.2) is 4.98 Å². The van der Waals surface area contributed by atoms with E-state index >= 15 is 0 Å². The minimum atomic E-state index is 0.0638. The van der Waals surface area contributed by atoms with Crippen LogP contribution in [0, 0.1) is 5.92 Å². The van der Waals surface area contributed by atoms with Gasteiger partial charge in [-0.3, -0.25) is 4.79 Å². The highest BCUT2D eigenvalue weighted by molar-refractivity contribution is 5.94. The maximum atomic E-state index is 12.4. The van der Waals surface area contributed by atoms with E-state index in [4.69, 9.17) is 10.5 Å². The number of nitrogens with two attached hydrogens (primary N) is 1. The van der Waals surface area contributed by atoms with E-state index in [9.17, 15) is 4.79 Å². The number of nitrogen functional groups attached to an aromatic ring is 1. The van der Waals surface area contributed by atoms with Crippen molar-refractivity contribution in [3.05, 3.63) is 23.9 Å². The number of carbonyl (C=O) groups is 1.